The lowest BCUT2D eigenvalue weighted by molar-refractivity contribution is -0.385. The Morgan fingerprint density at radius 2 is 1.69 bits per heavy atom. The maximum Gasteiger partial charge on any atom is 0.349 e. The van der Waals surface area contributed by atoms with E-state index in [1.807, 2.05) is 0 Å². The summed E-state index contributed by atoms with van der Waals surface area (Å²) in [5.74, 6) is -3.55. The third-order valence-electron chi connectivity index (χ3n) is 5.51. The Labute approximate surface area is 246 Å². The molecule has 0 aliphatic rings. The van der Waals surface area contributed by atoms with Gasteiger partial charge in [0.25, 0.3) is 11.4 Å². The fourth-order valence-electron chi connectivity index (χ4n) is 3.73. The molecule has 1 unspecified atom stereocenters. The van der Waals surface area contributed by atoms with E-state index >= 15 is 0 Å². The highest BCUT2D eigenvalue weighted by Gasteiger charge is 2.39. The summed E-state index contributed by atoms with van der Waals surface area (Å²) < 4.78 is 10.0. The molecule has 0 aromatic heterocycles. The van der Waals surface area contributed by atoms with Crippen LogP contribution in [0.25, 0.3) is 11.8 Å². The van der Waals surface area contributed by atoms with Crippen LogP contribution in [0.4, 0.5) is 5.69 Å². The fraction of sp³-hybridized carbons (Fsp3) is 0.310. The second-order valence-corrected chi connectivity index (χ2v) is 10.00. The number of nitrogens with zero attached hydrogens (tertiary/aromatic N) is 2. The Kier molecular flexibility index (Phi) is 12.8. The molecule has 2 aromatic carbocycles. The van der Waals surface area contributed by atoms with E-state index < -0.39 is 68.1 Å². The Morgan fingerprint density at radius 1 is 1.02 bits per heavy atom. The van der Waals surface area contributed by atoms with E-state index in [2.05, 4.69) is 0 Å². The number of ketones is 2. The summed E-state index contributed by atoms with van der Waals surface area (Å²) in [6.07, 6.45) is 3.20. The Bertz CT molecular complexity index is 1420. The predicted molar refractivity (Wildman–Crippen MR) is 156 cm³/mol. The number of hydrogen-bond acceptors (Lipinski definition) is 11. The second kappa shape index (κ2) is 16.0. The van der Waals surface area contributed by atoms with Crippen molar-refractivity contribution in [2.75, 3.05) is 12.9 Å². The fourth-order valence-corrected chi connectivity index (χ4v) is 4.52. The van der Waals surface area contributed by atoms with Gasteiger partial charge < -0.3 is 9.47 Å². The Hall–Kier alpha value is -4.65. The van der Waals surface area contributed by atoms with Gasteiger partial charge in [-0.25, -0.2) is 4.79 Å². The van der Waals surface area contributed by atoms with Gasteiger partial charge in [0.05, 0.1) is 38.9 Å². The van der Waals surface area contributed by atoms with Crippen LogP contribution in [-0.4, -0.2) is 52.3 Å². The number of benzene rings is 2. The van der Waals surface area contributed by atoms with Crippen LogP contribution in [-0.2, 0) is 28.7 Å². The number of Topliss-reactive ketones (excluding diaryl/α,β-unsaturated/α-hetero) is 1. The molecular weight excluding hydrogens is 568 g/mol. The smallest absolute Gasteiger partial charge is 0.349 e. The SMILES string of the molecule is CCCOC(=O)CC(=O)C=Cc1ccc(C(SC)C(=O)C(C(=O)OC(C)C)=C(c2ccccc2)[N+](=O)[O-])c([N+](=O)[O-])c1. The lowest BCUT2D eigenvalue weighted by Crippen LogP contribution is -2.26. The first kappa shape index (κ1) is 33.6. The highest BCUT2D eigenvalue weighted by atomic mass is 32.2. The molecule has 0 saturated heterocycles. The zero-order valence-electron chi connectivity index (χ0n) is 23.4. The molecule has 0 aliphatic carbocycles. The molecule has 222 valence electrons. The van der Waals surface area contributed by atoms with Gasteiger partial charge in [-0.2, -0.15) is 0 Å². The lowest BCUT2D eigenvalue weighted by atomic mass is 9.96. The van der Waals surface area contributed by atoms with Gasteiger partial charge in [-0.1, -0.05) is 37.3 Å². The number of nitro groups is 2. The molecule has 12 nitrogen and oxygen atoms in total. The van der Waals surface area contributed by atoms with Crippen LogP contribution in [0.15, 0.2) is 60.2 Å². The van der Waals surface area contributed by atoms with E-state index in [1.54, 1.807) is 13.0 Å². The zero-order chi connectivity index (χ0) is 31.4. The molecule has 0 spiro atoms. The van der Waals surface area contributed by atoms with Crippen molar-refractivity contribution in [1.29, 1.82) is 0 Å². The molecule has 2 aromatic rings. The molecule has 42 heavy (non-hydrogen) atoms. The summed E-state index contributed by atoms with van der Waals surface area (Å²) >= 11 is 0.847. The lowest BCUT2D eigenvalue weighted by Gasteiger charge is -2.17. The number of esters is 2. The topological polar surface area (TPSA) is 173 Å². The van der Waals surface area contributed by atoms with Crippen molar-refractivity contribution in [3.8, 4) is 0 Å². The number of thioether (sulfide) groups is 1. The van der Waals surface area contributed by atoms with Gasteiger partial charge >= 0.3 is 11.9 Å². The first-order chi connectivity index (χ1) is 19.9. The molecule has 0 saturated carbocycles. The monoisotopic (exact) mass is 598 g/mol. The quantitative estimate of drug-likeness (QED) is 0.0664. The normalized spacial score (nSPS) is 12.4. The molecule has 13 heteroatoms. The summed E-state index contributed by atoms with van der Waals surface area (Å²) in [6.45, 7) is 5.01. The minimum Gasteiger partial charge on any atom is -0.465 e. The number of rotatable bonds is 15. The van der Waals surface area contributed by atoms with Gasteiger partial charge in [-0.05, 0) is 56.4 Å². The van der Waals surface area contributed by atoms with Gasteiger partial charge in [0.1, 0.15) is 6.42 Å². The van der Waals surface area contributed by atoms with Crippen LogP contribution in [0.3, 0.4) is 0 Å². The third kappa shape index (κ3) is 9.20. The van der Waals surface area contributed by atoms with E-state index in [1.165, 1.54) is 62.6 Å². The van der Waals surface area contributed by atoms with Crippen LogP contribution in [0.2, 0.25) is 0 Å². The highest BCUT2D eigenvalue weighted by Crippen LogP contribution is 2.38. The number of nitro benzene ring substituents is 1. The summed E-state index contributed by atoms with van der Waals surface area (Å²) in [5.41, 5.74) is -2.07. The van der Waals surface area contributed by atoms with Gasteiger partial charge in [-0.15, -0.1) is 11.8 Å². The average Bonchev–Trinajstić information content (AvgIpc) is 2.93. The summed E-state index contributed by atoms with van der Waals surface area (Å²) in [4.78, 5) is 73.3. The molecule has 0 amide bonds. The predicted octanol–water partition coefficient (Wildman–Crippen LogP) is 5.13. The maximum absolute atomic E-state index is 13.9. The molecule has 0 fully saturated rings. The van der Waals surface area contributed by atoms with Crippen molar-refractivity contribution in [2.45, 2.75) is 45.0 Å². The van der Waals surface area contributed by atoms with E-state index in [0.717, 1.165) is 23.9 Å². The number of hydrogen-bond donors (Lipinski definition) is 0. The van der Waals surface area contributed by atoms with Crippen LogP contribution in [0.1, 0.15) is 55.6 Å². The first-order valence-corrected chi connectivity index (χ1v) is 14.1. The van der Waals surface area contributed by atoms with Crippen LogP contribution in [0, 0.1) is 20.2 Å². The molecule has 0 bridgehead atoms. The van der Waals surface area contributed by atoms with E-state index in [9.17, 15) is 39.4 Å². The van der Waals surface area contributed by atoms with Crippen molar-refractivity contribution in [3.63, 3.8) is 0 Å². The molecular formula is C29H30N2O10S. The third-order valence-corrected chi connectivity index (χ3v) is 6.45. The van der Waals surface area contributed by atoms with Gasteiger partial charge in [0.15, 0.2) is 17.1 Å². The van der Waals surface area contributed by atoms with Crippen molar-refractivity contribution in [3.05, 3.63) is 97.1 Å². The first-order valence-electron chi connectivity index (χ1n) is 12.8. The molecule has 0 heterocycles. The van der Waals surface area contributed by atoms with Crippen LogP contribution < -0.4 is 0 Å². The largest absolute Gasteiger partial charge is 0.465 e. The summed E-state index contributed by atoms with van der Waals surface area (Å²) in [7, 11) is 0. The minimum atomic E-state index is -1.40. The van der Waals surface area contributed by atoms with Gasteiger partial charge in [-0.3, -0.25) is 34.6 Å². The van der Waals surface area contributed by atoms with Crippen LogP contribution in [0.5, 0.6) is 0 Å². The van der Waals surface area contributed by atoms with Crippen molar-refractivity contribution in [1.82, 2.24) is 0 Å². The number of ether oxygens (including phenoxy) is 2. The maximum atomic E-state index is 13.9. The van der Waals surface area contributed by atoms with E-state index in [0.29, 0.717) is 6.42 Å². The second-order valence-electron chi connectivity index (χ2n) is 9.05. The number of carbonyl (C=O) groups excluding carboxylic acids is 4. The number of carbonyl (C=O) groups is 4. The summed E-state index contributed by atoms with van der Waals surface area (Å²) in [6, 6.07) is 11.1. The molecule has 2 rings (SSSR count). The molecule has 0 aliphatic heterocycles. The molecule has 0 N–H and O–H groups in total. The number of allylic oxidation sites excluding steroid dienone is 1. The Balaban J connectivity index is 2.58. The van der Waals surface area contributed by atoms with Crippen molar-refractivity contribution >= 4 is 52.7 Å². The average molecular weight is 599 g/mol. The van der Waals surface area contributed by atoms with Gasteiger partial charge in [0, 0.05) is 6.07 Å². The van der Waals surface area contributed by atoms with Crippen molar-refractivity contribution < 1.29 is 38.5 Å². The highest BCUT2D eigenvalue weighted by molar-refractivity contribution is 7.99. The summed E-state index contributed by atoms with van der Waals surface area (Å²) in [5, 5.41) is 22.8. The van der Waals surface area contributed by atoms with Crippen LogP contribution >= 0.6 is 11.8 Å². The zero-order valence-corrected chi connectivity index (χ0v) is 24.3. The standard InChI is InChI=1S/C29H30N2O10S/c1-5-15-40-24(33)17-21(32)13-11-19-12-14-22(23(16-19)30(36)37)28(42-4)27(34)25(29(35)41-18(2)3)26(31(38)39)20-9-7-6-8-10-20/h6-14,16,18,28H,5,15,17H2,1-4H3. The van der Waals surface area contributed by atoms with E-state index in [4.69, 9.17) is 9.47 Å². The van der Waals surface area contributed by atoms with Gasteiger partial charge in [0.2, 0.25) is 0 Å². The minimum absolute atomic E-state index is 0.0235. The molecule has 0 radical (unpaired) electrons. The Morgan fingerprint density at radius 3 is 2.24 bits per heavy atom. The molecule has 1 atom stereocenters. The van der Waals surface area contributed by atoms with E-state index in [-0.39, 0.29) is 23.3 Å². The van der Waals surface area contributed by atoms with Crippen molar-refractivity contribution in [2.24, 2.45) is 0 Å².